The van der Waals surface area contributed by atoms with E-state index >= 15 is 0 Å². The molecule has 0 fully saturated rings. The lowest BCUT2D eigenvalue weighted by Crippen LogP contribution is -1.85. The molecule has 0 radical (unpaired) electrons. The molecule has 14 heavy (non-hydrogen) atoms. The van der Waals surface area contributed by atoms with E-state index in [-0.39, 0.29) is 0 Å². The molecular weight excluding hydrogens is 219 g/mol. The van der Waals surface area contributed by atoms with Crippen molar-refractivity contribution in [3.8, 4) is 11.1 Å². The smallest absolute Gasteiger partial charge is 0.136 e. The van der Waals surface area contributed by atoms with E-state index in [2.05, 4.69) is 9.97 Å². The van der Waals surface area contributed by atoms with Crippen molar-refractivity contribution in [2.75, 3.05) is 0 Å². The zero-order valence-corrected chi connectivity index (χ0v) is 8.63. The second kappa shape index (κ2) is 3.95. The van der Waals surface area contributed by atoms with Gasteiger partial charge in [0.15, 0.2) is 0 Å². The molecule has 0 unspecified atom stereocenters. The molecule has 0 saturated heterocycles. The Kier molecular flexibility index (Phi) is 2.66. The van der Waals surface area contributed by atoms with Crippen LogP contribution in [0.15, 0.2) is 36.7 Å². The molecule has 0 aliphatic rings. The molecule has 0 spiro atoms. The molecule has 2 rings (SSSR count). The summed E-state index contributed by atoms with van der Waals surface area (Å²) in [7, 11) is 0. The van der Waals surface area contributed by atoms with Crippen molar-refractivity contribution in [3.05, 3.63) is 47.0 Å². The summed E-state index contributed by atoms with van der Waals surface area (Å²) in [5, 5.41) is 0.866. The van der Waals surface area contributed by atoms with Crippen LogP contribution in [0.3, 0.4) is 0 Å². The van der Waals surface area contributed by atoms with Crippen molar-refractivity contribution in [1.82, 2.24) is 9.97 Å². The first-order chi connectivity index (χ1) is 6.79. The van der Waals surface area contributed by atoms with Gasteiger partial charge in [0.25, 0.3) is 0 Å². The van der Waals surface area contributed by atoms with Gasteiger partial charge < -0.3 is 0 Å². The van der Waals surface area contributed by atoms with Crippen LogP contribution in [0.5, 0.6) is 0 Å². The summed E-state index contributed by atoms with van der Waals surface area (Å²) in [6.45, 7) is 0. The molecule has 2 aromatic heterocycles. The molecule has 0 amide bonds. The van der Waals surface area contributed by atoms with Crippen LogP contribution < -0.4 is 0 Å². The van der Waals surface area contributed by atoms with Crippen LogP contribution in [0.2, 0.25) is 10.3 Å². The fraction of sp³-hybridized carbons (Fsp3) is 0. The molecule has 0 aromatic carbocycles. The Hall–Kier alpha value is -1.12. The monoisotopic (exact) mass is 224 g/mol. The summed E-state index contributed by atoms with van der Waals surface area (Å²) < 4.78 is 0. The minimum absolute atomic E-state index is 0.433. The van der Waals surface area contributed by atoms with E-state index in [0.717, 1.165) is 11.1 Å². The maximum atomic E-state index is 5.93. The van der Waals surface area contributed by atoms with Crippen LogP contribution in [-0.4, -0.2) is 9.97 Å². The highest BCUT2D eigenvalue weighted by molar-refractivity contribution is 6.35. The molecule has 0 bridgehead atoms. The van der Waals surface area contributed by atoms with Crippen molar-refractivity contribution >= 4 is 23.2 Å². The molecule has 0 saturated carbocycles. The van der Waals surface area contributed by atoms with Crippen LogP contribution in [-0.2, 0) is 0 Å². The van der Waals surface area contributed by atoms with E-state index in [4.69, 9.17) is 23.2 Å². The molecule has 70 valence electrons. The van der Waals surface area contributed by atoms with E-state index in [9.17, 15) is 0 Å². The topological polar surface area (TPSA) is 25.8 Å². The fourth-order valence-electron chi connectivity index (χ4n) is 1.17. The van der Waals surface area contributed by atoms with E-state index in [1.165, 1.54) is 0 Å². The second-order valence-electron chi connectivity index (χ2n) is 2.68. The Bertz CT molecular complexity index is 414. The van der Waals surface area contributed by atoms with Crippen molar-refractivity contribution in [2.24, 2.45) is 0 Å². The molecule has 0 aliphatic carbocycles. The average Bonchev–Trinajstić information content (AvgIpc) is 2.20. The van der Waals surface area contributed by atoms with E-state index in [0.29, 0.717) is 10.3 Å². The third kappa shape index (κ3) is 1.72. The third-order valence-corrected chi connectivity index (χ3v) is 2.41. The van der Waals surface area contributed by atoms with Gasteiger partial charge in [0.1, 0.15) is 10.3 Å². The summed E-state index contributed by atoms with van der Waals surface area (Å²) >= 11 is 11.9. The Morgan fingerprint density at radius 1 is 0.786 bits per heavy atom. The second-order valence-corrected chi connectivity index (χ2v) is 3.40. The van der Waals surface area contributed by atoms with Gasteiger partial charge in [-0.15, -0.1) is 0 Å². The summed E-state index contributed by atoms with van der Waals surface area (Å²) in [5.41, 5.74) is 1.60. The summed E-state index contributed by atoms with van der Waals surface area (Å²) in [6, 6.07) is 7.34. The summed E-state index contributed by atoms with van der Waals surface area (Å²) in [6.07, 6.45) is 3.27. The summed E-state index contributed by atoms with van der Waals surface area (Å²) in [4.78, 5) is 7.95. The molecule has 4 heteroatoms. The number of rotatable bonds is 1. The number of pyridine rings is 2. The van der Waals surface area contributed by atoms with E-state index in [1.54, 1.807) is 12.4 Å². The largest absolute Gasteiger partial charge is 0.244 e. The van der Waals surface area contributed by atoms with Crippen molar-refractivity contribution in [2.45, 2.75) is 0 Å². The molecule has 2 aromatic rings. The van der Waals surface area contributed by atoms with Gasteiger partial charge in [-0.05, 0) is 24.3 Å². The number of nitrogens with zero attached hydrogens (tertiary/aromatic N) is 2. The van der Waals surface area contributed by atoms with Crippen LogP contribution in [0.1, 0.15) is 0 Å². The first-order valence-corrected chi connectivity index (χ1v) is 4.76. The molecule has 2 nitrogen and oxygen atoms in total. The zero-order valence-electron chi connectivity index (χ0n) is 7.11. The number of hydrogen-bond acceptors (Lipinski definition) is 2. The number of aromatic nitrogens is 2. The SMILES string of the molecule is Clc1ncccc1-c1cccnc1Cl. The highest BCUT2D eigenvalue weighted by Gasteiger charge is 2.07. The average molecular weight is 225 g/mol. The standard InChI is InChI=1S/C10H6Cl2N2/c11-9-7(3-1-5-13-9)8-4-2-6-14-10(8)12/h1-6H. The van der Waals surface area contributed by atoms with Gasteiger partial charge in [0, 0.05) is 23.5 Å². The molecule has 2 heterocycles. The normalized spacial score (nSPS) is 10.1. The molecular formula is C10H6Cl2N2. The van der Waals surface area contributed by atoms with Gasteiger partial charge in [0.05, 0.1) is 0 Å². The minimum atomic E-state index is 0.433. The Labute approximate surface area is 91.5 Å². The van der Waals surface area contributed by atoms with E-state index in [1.807, 2.05) is 24.3 Å². The summed E-state index contributed by atoms with van der Waals surface area (Å²) in [5.74, 6) is 0. The van der Waals surface area contributed by atoms with Crippen LogP contribution in [0, 0.1) is 0 Å². The number of halogens is 2. The third-order valence-electron chi connectivity index (χ3n) is 1.81. The van der Waals surface area contributed by atoms with Crippen LogP contribution in [0.25, 0.3) is 11.1 Å². The minimum Gasteiger partial charge on any atom is -0.244 e. The van der Waals surface area contributed by atoms with Crippen molar-refractivity contribution in [3.63, 3.8) is 0 Å². The predicted octanol–water partition coefficient (Wildman–Crippen LogP) is 3.45. The Morgan fingerprint density at radius 2 is 1.21 bits per heavy atom. The van der Waals surface area contributed by atoms with Gasteiger partial charge in [-0.1, -0.05) is 23.2 Å². The van der Waals surface area contributed by atoms with Crippen LogP contribution >= 0.6 is 23.2 Å². The predicted molar refractivity (Wildman–Crippen MR) is 57.5 cm³/mol. The van der Waals surface area contributed by atoms with Gasteiger partial charge in [0.2, 0.25) is 0 Å². The molecule has 0 atom stereocenters. The van der Waals surface area contributed by atoms with Crippen molar-refractivity contribution < 1.29 is 0 Å². The quantitative estimate of drug-likeness (QED) is 0.694. The van der Waals surface area contributed by atoms with Gasteiger partial charge in [-0.25, -0.2) is 9.97 Å². The lowest BCUT2D eigenvalue weighted by atomic mass is 10.1. The van der Waals surface area contributed by atoms with Gasteiger partial charge in [-0.3, -0.25) is 0 Å². The maximum Gasteiger partial charge on any atom is 0.136 e. The van der Waals surface area contributed by atoms with Crippen LogP contribution in [0.4, 0.5) is 0 Å². The highest BCUT2D eigenvalue weighted by atomic mass is 35.5. The fourth-order valence-corrected chi connectivity index (χ4v) is 1.62. The van der Waals surface area contributed by atoms with Gasteiger partial charge >= 0.3 is 0 Å². The van der Waals surface area contributed by atoms with Gasteiger partial charge in [-0.2, -0.15) is 0 Å². The maximum absolute atomic E-state index is 5.93. The Morgan fingerprint density at radius 3 is 1.57 bits per heavy atom. The van der Waals surface area contributed by atoms with Crippen molar-refractivity contribution in [1.29, 1.82) is 0 Å². The highest BCUT2D eigenvalue weighted by Crippen LogP contribution is 2.29. The first kappa shape index (κ1) is 9.44. The van der Waals surface area contributed by atoms with E-state index < -0.39 is 0 Å². The zero-order chi connectivity index (χ0) is 9.97. The Balaban J connectivity index is 2.61. The number of hydrogen-bond donors (Lipinski definition) is 0. The molecule has 0 N–H and O–H groups in total. The molecule has 0 aliphatic heterocycles. The lowest BCUT2D eigenvalue weighted by Gasteiger charge is -2.03. The first-order valence-electron chi connectivity index (χ1n) is 4.00. The lowest BCUT2D eigenvalue weighted by molar-refractivity contribution is 1.30.